The zero-order valence-electron chi connectivity index (χ0n) is 16.0. The predicted molar refractivity (Wildman–Crippen MR) is 105 cm³/mol. The van der Waals surface area contributed by atoms with Gasteiger partial charge in [0.1, 0.15) is 5.69 Å². The first-order valence-corrected chi connectivity index (χ1v) is 9.13. The van der Waals surface area contributed by atoms with E-state index in [1.54, 1.807) is 25.0 Å². The number of rotatable bonds is 5. The highest BCUT2D eigenvalue weighted by molar-refractivity contribution is 6.09. The van der Waals surface area contributed by atoms with Gasteiger partial charge in [0, 0.05) is 20.0 Å². The van der Waals surface area contributed by atoms with E-state index in [9.17, 15) is 9.59 Å². The molecular formula is C20H22N6O2. The molecule has 1 aliphatic carbocycles. The van der Waals surface area contributed by atoms with Crippen molar-refractivity contribution in [2.45, 2.75) is 19.3 Å². The quantitative estimate of drug-likeness (QED) is 0.713. The van der Waals surface area contributed by atoms with Crippen LogP contribution in [-0.2, 0) is 18.9 Å². The van der Waals surface area contributed by atoms with Gasteiger partial charge in [-0.2, -0.15) is 10.2 Å². The van der Waals surface area contributed by atoms with Crippen molar-refractivity contribution in [2.75, 3.05) is 10.6 Å². The Morgan fingerprint density at radius 2 is 1.68 bits per heavy atom. The predicted octanol–water partition coefficient (Wildman–Crippen LogP) is 2.46. The molecule has 0 saturated heterocycles. The van der Waals surface area contributed by atoms with Crippen LogP contribution in [0.3, 0.4) is 0 Å². The summed E-state index contributed by atoms with van der Waals surface area (Å²) in [7, 11) is 3.48. The van der Waals surface area contributed by atoms with Crippen molar-refractivity contribution in [3.8, 4) is 0 Å². The van der Waals surface area contributed by atoms with Gasteiger partial charge in [0.2, 0.25) is 5.91 Å². The molecular weight excluding hydrogens is 356 g/mol. The van der Waals surface area contributed by atoms with Crippen LogP contribution in [0.4, 0.5) is 11.4 Å². The van der Waals surface area contributed by atoms with E-state index in [0.717, 1.165) is 12.1 Å². The zero-order valence-corrected chi connectivity index (χ0v) is 16.0. The number of benzene rings is 1. The number of carbonyl (C=O) groups is 2. The lowest BCUT2D eigenvalue weighted by Crippen LogP contribution is -2.21. The Bertz CT molecular complexity index is 1040. The fourth-order valence-electron chi connectivity index (χ4n) is 3.38. The summed E-state index contributed by atoms with van der Waals surface area (Å²) in [5.41, 5.74) is 3.33. The fourth-order valence-corrected chi connectivity index (χ4v) is 3.38. The second kappa shape index (κ2) is 6.95. The van der Waals surface area contributed by atoms with Gasteiger partial charge in [-0.1, -0.05) is 30.3 Å². The molecule has 2 aromatic heterocycles. The van der Waals surface area contributed by atoms with Gasteiger partial charge in [0.05, 0.1) is 29.5 Å². The molecule has 1 aromatic carbocycles. The number of nitrogens with one attached hydrogen (secondary N) is 2. The van der Waals surface area contributed by atoms with E-state index in [1.165, 1.54) is 16.4 Å². The van der Waals surface area contributed by atoms with Crippen molar-refractivity contribution in [1.29, 1.82) is 0 Å². The molecule has 4 rings (SSSR count). The van der Waals surface area contributed by atoms with Crippen LogP contribution in [0.2, 0.25) is 0 Å². The number of carbonyl (C=O) groups excluding carboxylic acids is 2. The molecule has 0 spiro atoms. The van der Waals surface area contributed by atoms with Gasteiger partial charge in [0.25, 0.3) is 5.91 Å². The first-order valence-electron chi connectivity index (χ1n) is 9.13. The summed E-state index contributed by atoms with van der Waals surface area (Å²) in [6.07, 6.45) is 3.91. The molecule has 2 unspecified atom stereocenters. The second-order valence-electron chi connectivity index (χ2n) is 7.10. The van der Waals surface area contributed by atoms with E-state index in [2.05, 4.69) is 20.8 Å². The fraction of sp³-hybridized carbons (Fsp3) is 0.300. The molecule has 1 saturated carbocycles. The van der Waals surface area contributed by atoms with Crippen LogP contribution in [0.25, 0.3) is 0 Å². The van der Waals surface area contributed by atoms with Crippen LogP contribution in [0.15, 0.2) is 42.7 Å². The lowest BCUT2D eigenvalue weighted by atomic mass is 10.1. The molecule has 2 amide bonds. The van der Waals surface area contributed by atoms with Crippen LogP contribution in [0.5, 0.6) is 0 Å². The van der Waals surface area contributed by atoms with Crippen molar-refractivity contribution < 1.29 is 9.59 Å². The average Bonchev–Trinajstić information content (AvgIpc) is 3.34. The lowest BCUT2D eigenvalue weighted by Gasteiger charge is -2.09. The maximum Gasteiger partial charge on any atom is 0.276 e. The Morgan fingerprint density at radius 1 is 1.00 bits per heavy atom. The molecule has 8 nitrogen and oxygen atoms in total. The molecule has 8 heteroatoms. The zero-order chi connectivity index (χ0) is 19.8. The third-order valence-electron chi connectivity index (χ3n) is 5.25. The first kappa shape index (κ1) is 18.0. The Balaban J connectivity index is 1.47. The smallest absolute Gasteiger partial charge is 0.276 e. The summed E-state index contributed by atoms with van der Waals surface area (Å²) in [4.78, 5) is 25.4. The molecule has 0 aliphatic heterocycles. The number of aromatic nitrogens is 4. The first-order chi connectivity index (χ1) is 13.5. The van der Waals surface area contributed by atoms with Crippen molar-refractivity contribution in [1.82, 2.24) is 19.6 Å². The van der Waals surface area contributed by atoms with Crippen LogP contribution < -0.4 is 10.6 Å². The molecule has 0 radical (unpaired) electrons. The van der Waals surface area contributed by atoms with Crippen LogP contribution in [-0.4, -0.2) is 31.4 Å². The van der Waals surface area contributed by atoms with Gasteiger partial charge in [-0.3, -0.25) is 19.0 Å². The summed E-state index contributed by atoms with van der Waals surface area (Å²) in [5, 5.41) is 14.0. The highest BCUT2D eigenvalue weighted by Crippen LogP contribution is 2.47. The van der Waals surface area contributed by atoms with Gasteiger partial charge >= 0.3 is 0 Å². The maximum atomic E-state index is 12.8. The number of anilines is 2. The van der Waals surface area contributed by atoms with Gasteiger partial charge in [-0.25, -0.2) is 0 Å². The molecule has 2 atom stereocenters. The molecule has 0 bridgehead atoms. The Kier molecular flexibility index (Phi) is 4.46. The van der Waals surface area contributed by atoms with Gasteiger partial charge in [-0.05, 0) is 24.8 Å². The summed E-state index contributed by atoms with van der Waals surface area (Å²) < 4.78 is 3.14. The topological polar surface area (TPSA) is 93.8 Å². The molecule has 3 aromatic rings. The highest BCUT2D eigenvalue weighted by atomic mass is 16.2. The monoisotopic (exact) mass is 378 g/mol. The third-order valence-corrected chi connectivity index (χ3v) is 5.25. The van der Waals surface area contributed by atoms with Crippen LogP contribution in [0, 0.1) is 12.8 Å². The minimum atomic E-state index is -0.346. The summed E-state index contributed by atoms with van der Waals surface area (Å²) >= 11 is 0. The minimum absolute atomic E-state index is 0.0842. The average molecular weight is 378 g/mol. The van der Waals surface area contributed by atoms with Gasteiger partial charge in [0.15, 0.2) is 0 Å². The van der Waals surface area contributed by atoms with Crippen molar-refractivity contribution >= 4 is 23.2 Å². The lowest BCUT2D eigenvalue weighted by molar-refractivity contribution is -0.117. The van der Waals surface area contributed by atoms with Crippen LogP contribution >= 0.6 is 0 Å². The molecule has 144 valence electrons. The van der Waals surface area contributed by atoms with E-state index >= 15 is 0 Å². The molecule has 2 heterocycles. The number of amides is 2. The number of hydrogen-bond donors (Lipinski definition) is 2. The molecule has 1 fully saturated rings. The SMILES string of the molecule is Cc1c(NC(=O)c2c(NC(=O)C3CC3c3ccccc3)cnn2C)cnn1C. The minimum Gasteiger partial charge on any atom is -0.322 e. The van der Waals surface area contributed by atoms with Crippen molar-refractivity contribution in [3.63, 3.8) is 0 Å². The van der Waals surface area contributed by atoms with E-state index < -0.39 is 0 Å². The van der Waals surface area contributed by atoms with E-state index in [0.29, 0.717) is 17.1 Å². The normalized spacial score (nSPS) is 18.0. The Labute approximate surface area is 162 Å². The van der Waals surface area contributed by atoms with Gasteiger partial charge in [-0.15, -0.1) is 0 Å². The summed E-state index contributed by atoms with van der Waals surface area (Å²) in [6.45, 7) is 1.87. The van der Waals surface area contributed by atoms with Crippen molar-refractivity contribution in [3.05, 3.63) is 59.7 Å². The molecule has 28 heavy (non-hydrogen) atoms. The van der Waals surface area contributed by atoms with Crippen LogP contribution in [0.1, 0.15) is 34.1 Å². The summed E-state index contributed by atoms with van der Waals surface area (Å²) in [5.74, 6) is -0.289. The maximum absolute atomic E-state index is 12.8. The van der Waals surface area contributed by atoms with Gasteiger partial charge < -0.3 is 10.6 Å². The van der Waals surface area contributed by atoms with E-state index in [4.69, 9.17) is 0 Å². The largest absolute Gasteiger partial charge is 0.322 e. The summed E-state index contributed by atoms with van der Waals surface area (Å²) in [6, 6.07) is 10.00. The second-order valence-corrected chi connectivity index (χ2v) is 7.10. The number of hydrogen-bond acceptors (Lipinski definition) is 4. The van der Waals surface area contributed by atoms with E-state index in [-0.39, 0.29) is 23.7 Å². The Hall–Kier alpha value is -3.42. The third kappa shape index (κ3) is 3.28. The number of aryl methyl sites for hydroxylation is 2. The molecule has 1 aliphatic rings. The molecule has 2 N–H and O–H groups in total. The standard InChI is InChI=1S/C20H22N6O2/c1-12-16(10-21-25(12)2)23-20(28)18-17(11-22-26(18)3)24-19(27)15-9-14(15)13-7-5-4-6-8-13/h4-8,10-11,14-15H,9H2,1-3H3,(H,23,28)(H,24,27). The van der Waals surface area contributed by atoms with E-state index in [1.807, 2.05) is 37.3 Å². The number of nitrogens with zero attached hydrogens (tertiary/aromatic N) is 4. The highest BCUT2D eigenvalue weighted by Gasteiger charge is 2.44. The Morgan fingerprint density at radius 3 is 2.36 bits per heavy atom. The van der Waals surface area contributed by atoms with Crippen molar-refractivity contribution in [2.24, 2.45) is 20.0 Å².